The Balaban J connectivity index is 1.65. The number of phenolic OH excluding ortho intramolecular Hbond substituents is 1. The smallest absolute Gasteiger partial charge is 0.416 e. The monoisotopic (exact) mass is 453 g/mol. The highest BCUT2D eigenvalue weighted by Gasteiger charge is 2.37. The van der Waals surface area contributed by atoms with Gasteiger partial charge in [-0.05, 0) is 47.5 Å². The van der Waals surface area contributed by atoms with Crippen molar-refractivity contribution in [1.29, 1.82) is 0 Å². The number of carbonyl (C=O) groups excluding carboxylic acids is 1. The first-order valence-corrected chi connectivity index (χ1v) is 10.2. The maximum atomic E-state index is 13.3. The van der Waals surface area contributed by atoms with Gasteiger partial charge in [-0.2, -0.15) is 13.2 Å². The molecule has 2 aliphatic rings. The summed E-state index contributed by atoms with van der Waals surface area (Å²) < 4.78 is 51.5. The Morgan fingerprint density at radius 3 is 2.55 bits per heavy atom. The summed E-state index contributed by atoms with van der Waals surface area (Å²) in [4.78, 5) is 10.6. The van der Waals surface area contributed by atoms with Crippen LogP contribution in [0.2, 0.25) is 0 Å². The summed E-state index contributed by atoms with van der Waals surface area (Å²) in [5, 5.41) is 13.1. The van der Waals surface area contributed by atoms with Crippen LogP contribution >= 0.6 is 0 Å². The fraction of sp³-hybridized carbons (Fsp3) is 0.160. The second-order valence-corrected chi connectivity index (χ2v) is 7.73. The van der Waals surface area contributed by atoms with E-state index < -0.39 is 17.8 Å². The van der Waals surface area contributed by atoms with Crippen molar-refractivity contribution in [3.05, 3.63) is 82.9 Å². The molecule has 2 aliphatic heterocycles. The first-order chi connectivity index (χ1) is 15.8. The molecular weight excluding hydrogens is 435 g/mol. The van der Waals surface area contributed by atoms with Crippen LogP contribution in [0.3, 0.4) is 0 Å². The second-order valence-electron chi connectivity index (χ2n) is 7.73. The SMILES string of the molecule is O=CCOc1ccc([C@H]2Oc3cc(C(F)(F)F)ccc3C3=C2c2ccc(O)cc2NC3)cc1. The van der Waals surface area contributed by atoms with E-state index >= 15 is 0 Å². The van der Waals surface area contributed by atoms with E-state index in [2.05, 4.69) is 5.32 Å². The number of alkyl halides is 3. The maximum absolute atomic E-state index is 13.3. The Morgan fingerprint density at radius 1 is 1.06 bits per heavy atom. The summed E-state index contributed by atoms with van der Waals surface area (Å²) in [6.07, 6.45) is -4.53. The Hall–Kier alpha value is -3.94. The molecule has 0 unspecified atom stereocenters. The number of hydrogen-bond acceptors (Lipinski definition) is 5. The number of nitrogens with one attached hydrogen (secondary N) is 1. The first-order valence-electron chi connectivity index (χ1n) is 10.2. The van der Waals surface area contributed by atoms with E-state index in [-0.39, 0.29) is 18.1 Å². The lowest BCUT2D eigenvalue weighted by molar-refractivity contribution is -0.137. The van der Waals surface area contributed by atoms with Gasteiger partial charge in [0.25, 0.3) is 0 Å². The molecule has 0 aromatic heterocycles. The van der Waals surface area contributed by atoms with Gasteiger partial charge in [0.05, 0.1) is 5.56 Å². The molecule has 2 N–H and O–H groups in total. The summed E-state index contributed by atoms with van der Waals surface area (Å²) >= 11 is 0. The van der Waals surface area contributed by atoms with Crippen LogP contribution in [-0.4, -0.2) is 24.5 Å². The number of anilines is 1. The molecule has 1 atom stereocenters. The van der Waals surface area contributed by atoms with Gasteiger partial charge in [-0.15, -0.1) is 0 Å². The van der Waals surface area contributed by atoms with Crippen LogP contribution in [0.1, 0.15) is 28.4 Å². The lowest BCUT2D eigenvalue weighted by Gasteiger charge is -2.36. The van der Waals surface area contributed by atoms with Crippen molar-refractivity contribution >= 4 is 23.1 Å². The van der Waals surface area contributed by atoms with Crippen molar-refractivity contribution in [2.24, 2.45) is 0 Å². The summed E-state index contributed by atoms with van der Waals surface area (Å²) in [5.74, 6) is 0.746. The van der Waals surface area contributed by atoms with Gasteiger partial charge in [0, 0.05) is 35.0 Å². The molecule has 168 valence electrons. The minimum absolute atomic E-state index is 0.0787. The summed E-state index contributed by atoms with van der Waals surface area (Å²) in [5.41, 5.74) is 3.67. The normalized spacial score (nSPS) is 16.6. The average Bonchev–Trinajstić information content (AvgIpc) is 2.81. The van der Waals surface area contributed by atoms with E-state index in [1.165, 1.54) is 6.07 Å². The average molecular weight is 453 g/mol. The largest absolute Gasteiger partial charge is 0.508 e. The third kappa shape index (κ3) is 3.77. The fourth-order valence-electron chi connectivity index (χ4n) is 4.23. The number of halogens is 3. The molecule has 33 heavy (non-hydrogen) atoms. The molecule has 0 bridgehead atoms. The zero-order valence-corrected chi connectivity index (χ0v) is 17.1. The van der Waals surface area contributed by atoms with Gasteiger partial charge in [0.15, 0.2) is 6.29 Å². The van der Waals surface area contributed by atoms with Crippen molar-refractivity contribution < 1.29 is 32.5 Å². The number of ether oxygens (including phenoxy) is 2. The van der Waals surface area contributed by atoms with E-state index in [1.54, 1.807) is 42.5 Å². The van der Waals surface area contributed by atoms with Crippen LogP contribution in [0.5, 0.6) is 17.2 Å². The maximum Gasteiger partial charge on any atom is 0.416 e. The van der Waals surface area contributed by atoms with Crippen LogP contribution in [0.25, 0.3) is 11.1 Å². The highest BCUT2D eigenvalue weighted by Crippen LogP contribution is 2.51. The number of rotatable bonds is 4. The van der Waals surface area contributed by atoms with Crippen molar-refractivity contribution in [2.75, 3.05) is 18.5 Å². The molecule has 0 saturated heterocycles. The van der Waals surface area contributed by atoms with Gasteiger partial charge in [-0.3, -0.25) is 4.79 Å². The van der Waals surface area contributed by atoms with Crippen LogP contribution in [0.4, 0.5) is 18.9 Å². The fourth-order valence-corrected chi connectivity index (χ4v) is 4.23. The zero-order valence-electron chi connectivity index (χ0n) is 17.1. The standard InChI is InChI=1S/C25H18F3NO4/c26-25(27,28)15-3-7-18-20-13-29-21-12-16(31)4-8-19(21)23(20)24(33-22(18)11-15)14-1-5-17(6-2-14)32-10-9-30/h1-9,11-12,24,29,31H,10,13H2/t24-/m1/s1. The van der Waals surface area contributed by atoms with Crippen LogP contribution < -0.4 is 14.8 Å². The first kappa shape index (κ1) is 20.9. The van der Waals surface area contributed by atoms with Gasteiger partial charge in [0.1, 0.15) is 30.0 Å². The Labute approximate surface area is 187 Å². The molecular formula is C25H18F3NO4. The van der Waals surface area contributed by atoms with Crippen molar-refractivity contribution in [1.82, 2.24) is 0 Å². The second kappa shape index (κ2) is 7.88. The number of carbonyl (C=O) groups is 1. The van der Waals surface area contributed by atoms with Gasteiger partial charge in [-0.25, -0.2) is 0 Å². The molecule has 0 radical (unpaired) electrons. The van der Waals surface area contributed by atoms with Crippen molar-refractivity contribution in [3.8, 4) is 17.2 Å². The lowest BCUT2D eigenvalue weighted by Crippen LogP contribution is -2.24. The van der Waals surface area contributed by atoms with Gasteiger partial charge < -0.3 is 19.9 Å². The predicted octanol–water partition coefficient (Wildman–Crippen LogP) is 5.46. The molecule has 3 aromatic rings. The molecule has 5 rings (SSSR count). The van der Waals surface area contributed by atoms with Crippen LogP contribution in [-0.2, 0) is 11.0 Å². The highest BCUT2D eigenvalue weighted by molar-refractivity contribution is 6.02. The van der Waals surface area contributed by atoms with Gasteiger partial charge >= 0.3 is 6.18 Å². The highest BCUT2D eigenvalue weighted by atomic mass is 19.4. The van der Waals surface area contributed by atoms with E-state index in [0.29, 0.717) is 35.4 Å². The third-order valence-electron chi connectivity index (χ3n) is 5.72. The zero-order chi connectivity index (χ0) is 23.2. The third-order valence-corrected chi connectivity index (χ3v) is 5.72. The molecule has 8 heteroatoms. The van der Waals surface area contributed by atoms with Gasteiger partial charge in [0.2, 0.25) is 0 Å². The molecule has 0 spiro atoms. The number of aldehydes is 1. The number of fused-ring (bicyclic) bond motifs is 4. The molecule has 0 aliphatic carbocycles. The molecule has 0 fully saturated rings. The van der Waals surface area contributed by atoms with Crippen LogP contribution in [0.15, 0.2) is 60.7 Å². The van der Waals surface area contributed by atoms with Crippen LogP contribution in [0, 0.1) is 0 Å². The quantitative estimate of drug-likeness (QED) is 0.514. The van der Waals surface area contributed by atoms with E-state index in [1.807, 2.05) is 0 Å². The number of hydrogen-bond donors (Lipinski definition) is 2. The minimum Gasteiger partial charge on any atom is -0.508 e. The Kier molecular flexibility index (Phi) is 5.00. The lowest BCUT2D eigenvalue weighted by atomic mass is 9.82. The van der Waals surface area contributed by atoms with E-state index in [9.17, 15) is 23.1 Å². The topological polar surface area (TPSA) is 67.8 Å². The van der Waals surface area contributed by atoms with Crippen molar-refractivity contribution in [3.63, 3.8) is 0 Å². The molecule has 5 nitrogen and oxygen atoms in total. The summed E-state index contributed by atoms with van der Waals surface area (Å²) in [7, 11) is 0. The van der Waals surface area contributed by atoms with E-state index in [0.717, 1.165) is 28.8 Å². The Bertz CT molecular complexity index is 1270. The number of benzene rings is 3. The molecule has 2 heterocycles. The number of aromatic hydroxyl groups is 1. The Morgan fingerprint density at radius 2 is 1.82 bits per heavy atom. The molecule has 0 saturated carbocycles. The summed E-state index contributed by atoms with van der Waals surface area (Å²) in [6.45, 7) is 0.287. The molecule has 3 aromatic carbocycles. The van der Waals surface area contributed by atoms with E-state index in [4.69, 9.17) is 9.47 Å². The van der Waals surface area contributed by atoms with Crippen molar-refractivity contribution in [2.45, 2.75) is 12.3 Å². The predicted molar refractivity (Wildman–Crippen MR) is 116 cm³/mol. The summed E-state index contributed by atoms with van der Waals surface area (Å²) in [6, 6.07) is 15.3. The minimum atomic E-state index is -4.49. The molecule has 0 amide bonds. The number of phenols is 1. The van der Waals surface area contributed by atoms with Gasteiger partial charge in [-0.1, -0.05) is 18.2 Å².